The Hall–Kier alpha value is -1.11. The minimum absolute atomic E-state index is 0.0772. The molecule has 3 atom stereocenters. The highest BCUT2D eigenvalue weighted by atomic mass is 32.2. The van der Waals surface area contributed by atoms with Crippen molar-refractivity contribution in [2.24, 2.45) is 11.8 Å². The minimum Gasteiger partial charge on any atom is -0.481 e. The summed E-state index contributed by atoms with van der Waals surface area (Å²) >= 11 is 0. The van der Waals surface area contributed by atoms with E-state index >= 15 is 0 Å². The fraction of sp³-hybridized carbons (Fsp3) is 0.833. The van der Waals surface area contributed by atoms with E-state index in [0.29, 0.717) is 25.7 Å². The molecular formula is C12H19NO5S. The number of carbonyl (C=O) groups is 2. The van der Waals surface area contributed by atoms with E-state index < -0.39 is 15.8 Å². The van der Waals surface area contributed by atoms with Gasteiger partial charge in [-0.3, -0.25) is 9.59 Å². The molecule has 0 radical (unpaired) electrons. The van der Waals surface area contributed by atoms with E-state index in [2.05, 4.69) is 5.32 Å². The Bertz CT molecular complexity index is 473. The van der Waals surface area contributed by atoms with Crippen LogP contribution in [-0.4, -0.2) is 42.9 Å². The predicted molar refractivity (Wildman–Crippen MR) is 68.3 cm³/mol. The van der Waals surface area contributed by atoms with E-state index in [-0.39, 0.29) is 41.7 Å². The summed E-state index contributed by atoms with van der Waals surface area (Å²) in [6, 6.07) is -0.0772. The van der Waals surface area contributed by atoms with Crippen LogP contribution in [0.5, 0.6) is 0 Å². The van der Waals surface area contributed by atoms with Gasteiger partial charge in [0.1, 0.15) is 0 Å². The lowest BCUT2D eigenvalue weighted by Crippen LogP contribution is -2.34. The standard InChI is InChI=1S/C12H19NO5S/c14-11(5-8-3-4-19(17,18)7-8)13-10-2-1-9(6-10)12(15)16/h8-10H,1-7H2,(H,13,14)(H,15,16). The third-order valence-electron chi connectivity index (χ3n) is 3.95. The molecule has 0 aromatic rings. The fourth-order valence-corrected chi connectivity index (χ4v) is 4.78. The highest BCUT2D eigenvalue weighted by Gasteiger charge is 2.32. The Morgan fingerprint density at radius 1 is 1.21 bits per heavy atom. The second-order valence-electron chi connectivity index (χ2n) is 5.59. The number of aliphatic carboxylic acids is 1. The van der Waals surface area contributed by atoms with Gasteiger partial charge in [-0.1, -0.05) is 0 Å². The Balaban J connectivity index is 1.75. The quantitative estimate of drug-likeness (QED) is 0.769. The van der Waals surface area contributed by atoms with Crippen LogP contribution >= 0.6 is 0 Å². The fourth-order valence-electron chi connectivity index (χ4n) is 2.92. The van der Waals surface area contributed by atoms with Crippen LogP contribution in [0.4, 0.5) is 0 Å². The number of sulfone groups is 1. The molecule has 108 valence electrons. The van der Waals surface area contributed by atoms with Crippen LogP contribution in [0.3, 0.4) is 0 Å². The Labute approximate surface area is 112 Å². The number of rotatable bonds is 4. The van der Waals surface area contributed by atoms with Gasteiger partial charge in [0, 0.05) is 12.5 Å². The van der Waals surface area contributed by atoms with E-state index in [0.717, 1.165) is 0 Å². The molecule has 0 aromatic heterocycles. The summed E-state index contributed by atoms with van der Waals surface area (Å²) in [7, 11) is -2.95. The number of hydrogen-bond acceptors (Lipinski definition) is 4. The first-order valence-corrected chi connectivity index (χ1v) is 8.40. The predicted octanol–water partition coefficient (Wildman–Crippen LogP) is 0.181. The first kappa shape index (κ1) is 14.3. The highest BCUT2D eigenvalue weighted by Crippen LogP contribution is 2.26. The van der Waals surface area contributed by atoms with Crippen LogP contribution in [0, 0.1) is 11.8 Å². The van der Waals surface area contributed by atoms with Gasteiger partial charge in [0.25, 0.3) is 0 Å². The van der Waals surface area contributed by atoms with Crippen LogP contribution in [-0.2, 0) is 19.4 Å². The van der Waals surface area contributed by atoms with Gasteiger partial charge in [0.05, 0.1) is 17.4 Å². The van der Waals surface area contributed by atoms with Crippen molar-refractivity contribution in [3.8, 4) is 0 Å². The summed E-state index contributed by atoms with van der Waals surface area (Å²) in [6.07, 6.45) is 2.54. The minimum atomic E-state index is -2.95. The summed E-state index contributed by atoms with van der Waals surface area (Å²) in [5, 5.41) is 11.7. The summed E-state index contributed by atoms with van der Waals surface area (Å²) in [5.41, 5.74) is 0. The molecule has 3 unspecified atom stereocenters. The molecule has 0 aromatic carbocycles. The SMILES string of the molecule is O=C(CC1CCS(=O)(=O)C1)NC1CCC(C(=O)O)C1. The lowest BCUT2D eigenvalue weighted by atomic mass is 10.0. The number of amides is 1. The highest BCUT2D eigenvalue weighted by molar-refractivity contribution is 7.91. The monoisotopic (exact) mass is 289 g/mol. The second kappa shape index (κ2) is 5.48. The van der Waals surface area contributed by atoms with Gasteiger partial charge in [-0.25, -0.2) is 8.42 Å². The van der Waals surface area contributed by atoms with Crippen molar-refractivity contribution in [2.45, 2.75) is 38.1 Å². The van der Waals surface area contributed by atoms with Gasteiger partial charge in [-0.2, -0.15) is 0 Å². The van der Waals surface area contributed by atoms with Crippen molar-refractivity contribution in [1.82, 2.24) is 5.32 Å². The lowest BCUT2D eigenvalue weighted by molar-refractivity contribution is -0.141. The molecule has 19 heavy (non-hydrogen) atoms. The molecular weight excluding hydrogens is 270 g/mol. The van der Waals surface area contributed by atoms with Crippen molar-refractivity contribution in [3.63, 3.8) is 0 Å². The summed E-state index contributed by atoms with van der Waals surface area (Å²) < 4.78 is 22.6. The molecule has 7 heteroatoms. The average molecular weight is 289 g/mol. The normalized spacial score (nSPS) is 33.2. The van der Waals surface area contributed by atoms with Crippen LogP contribution < -0.4 is 5.32 Å². The van der Waals surface area contributed by atoms with E-state index in [1.54, 1.807) is 0 Å². The molecule has 2 fully saturated rings. The number of nitrogens with one attached hydrogen (secondary N) is 1. The van der Waals surface area contributed by atoms with Gasteiger partial charge < -0.3 is 10.4 Å². The third kappa shape index (κ3) is 3.92. The molecule has 2 aliphatic rings. The molecule has 1 saturated heterocycles. The van der Waals surface area contributed by atoms with Crippen molar-refractivity contribution >= 4 is 21.7 Å². The van der Waals surface area contributed by atoms with E-state index in [1.807, 2.05) is 0 Å². The van der Waals surface area contributed by atoms with Gasteiger partial charge in [0.2, 0.25) is 5.91 Å². The Morgan fingerprint density at radius 3 is 2.47 bits per heavy atom. The maximum absolute atomic E-state index is 11.8. The first-order valence-electron chi connectivity index (χ1n) is 6.58. The van der Waals surface area contributed by atoms with E-state index in [4.69, 9.17) is 5.11 Å². The summed E-state index contributed by atoms with van der Waals surface area (Å²) in [5.74, 6) is -1.13. The zero-order valence-corrected chi connectivity index (χ0v) is 11.5. The molecule has 0 spiro atoms. The number of carboxylic acid groups (broad SMARTS) is 1. The molecule has 0 bridgehead atoms. The van der Waals surface area contributed by atoms with Gasteiger partial charge in [-0.05, 0) is 31.6 Å². The largest absolute Gasteiger partial charge is 0.481 e. The first-order chi connectivity index (χ1) is 8.85. The molecule has 2 N–H and O–H groups in total. The maximum atomic E-state index is 11.8. The van der Waals surface area contributed by atoms with Gasteiger partial charge in [-0.15, -0.1) is 0 Å². The average Bonchev–Trinajstić information content (AvgIpc) is 2.85. The molecule has 1 amide bonds. The smallest absolute Gasteiger partial charge is 0.306 e. The van der Waals surface area contributed by atoms with Crippen LogP contribution in [0.25, 0.3) is 0 Å². The zero-order valence-electron chi connectivity index (χ0n) is 10.7. The Kier molecular flexibility index (Phi) is 4.13. The molecule has 1 heterocycles. The molecule has 1 aliphatic heterocycles. The molecule has 2 rings (SSSR count). The summed E-state index contributed by atoms with van der Waals surface area (Å²) in [6.45, 7) is 0. The van der Waals surface area contributed by atoms with Crippen molar-refractivity contribution in [3.05, 3.63) is 0 Å². The molecule has 6 nitrogen and oxygen atoms in total. The van der Waals surface area contributed by atoms with Crippen molar-refractivity contribution in [1.29, 1.82) is 0 Å². The topological polar surface area (TPSA) is 101 Å². The zero-order chi connectivity index (χ0) is 14.0. The molecule has 1 saturated carbocycles. The van der Waals surface area contributed by atoms with Crippen LogP contribution in [0.2, 0.25) is 0 Å². The van der Waals surface area contributed by atoms with Gasteiger partial charge >= 0.3 is 5.97 Å². The van der Waals surface area contributed by atoms with E-state index in [1.165, 1.54) is 0 Å². The Morgan fingerprint density at radius 2 is 1.95 bits per heavy atom. The van der Waals surface area contributed by atoms with Crippen molar-refractivity contribution < 1.29 is 23.1 Å². The van der Waals surface area contributed by atoms with Gasteiger partial charge in [0.15, 0.2) is 9.84 Å². The number of carboxylic acids is 1. The second-order valence-corrected chi connectivity index (χ2v) is 7.81. The molecule has 1 aliphatic carbocycles. The van der Waals surface area contributed by atoms with Crippen LogP contribution in [0.15, 0.2) is 0 Å². The maximum Gasteiger partial charge on any atom is 0.306 e. The van der Waals surface area contributed by atoms with E-state index in [9.17, 15) is 18.0 Å². The third-order valence-corrected chi connectivity index (χ3v) is 5.78. The van der Waals surface area contributed by atoms with Crippen molar-refractivity contribution in [2.75, 3.05) is 11.5 Å². The number of carbonyl (C=O) groups excluding carboxylic acids is 1. The number of hydrogen-bond donors (Lipinski definition) is 2. The summed E-state index contributed by atoms with van der Waals surface area (Å²) in [4.78, 5) is 22.6. The lowest BCUT2D eigenvalue weighted by Gasteiger charge is -2.14. The van der Waals surface area contributed by atoms with Crippen LogP contribution in [0.1, 0.15) is 32.1 Å².